The van der Waals surface area contributed by atoms with E-state index in [2.05, 4.69) is 35.9 Å². The average molecular weight is 390 g/mol. The first-order chi connectivity index (χ1) is 14.1. The Kier molecular flexibility index (Phi) is 5.31. The van der Waals surface area contributed by atoms with Gasteiger partial charge >= 0.3 is 0 Å². The maximum atomic E-state index is 8.85. The van der Waals surface area contributed by atoms with Crippen molar-refractivity contribution in [1.29, 1.82) is 5.26 Å². The molecule has 1 aliphatic carbocycles. The number of aromatic nitrogens is 6. The second kappa shape index (κ2) is 8.20. The fraction of sp³-hybridized carbons (Fsp3) is 0.368. The van der Waals surface area contributed by atoms with Crippen LogP contribution in [0.2, 0.25) is 0 Å². The molecule has 1 aliphatic rings. The maximum Gasteiger partial charge on any atom is 0.158 e. The molecule has 0 bridgehead atoms. The Morgan fingerprint density at radius 1 is 1.10 bits per heavy atom. The maximum absolute atomic E-state index is 8.85. The van der Waals surface area contributed by atoms with Crippen molar-refractivity contribution in [2.45, 2.75) is 37.8 Å². The standard InChI is InChI=1S/C19H22N10/c1-29-11-12(8-24-29)19-16(25-14-4-2-13(21)3-5-14)6-17(27-28-19)26-18-10-22-15(7-20)9-23-18/h6,8-11,13-14H,2-5,21H2,1H3,(H2,23,25,26,27). The zero-order valence-electron chi connectivity index (χ0n) is 16.1. The Morgan fingerprint density at radius 3 is 2.59 bits per heavy atom. The van der Waals surface area contributed by atoms with Gasteiger partial charge in [-0.25, -0.2) is 9.97 Å². The number of hydrogen-bond donors (Lipinski definition) is 3. The smallest absolute Gasteiger partial charge is 0.158 e. The lowest BCUT2D eigenvalue weighted by molar-refractivity contribution is 0.411. The highest BCUT2D eigenvalue weighted by Gasteiger charge is 2.21. The van der Waals surface area contributed by atoms with E-state index in [9.17, 15) is 0 Å². The van der Waals surface area contributed by atoms with Gasteiger partial charge in [-0.1, -0.05) is 0 Å². The molecule has 10 nitrogen and oxygen atoms in total. The number of nitrogens with two attached hydrogens (primary N) is 1. The van der Waals surface area contributed by atoms with E-state index in [0.29, 0.717) is 17.7 Å². The molecule has 0 amide bonds. The van der Waals surface area contributed by atoms with Crippen LogP contribution in [0, 0.1) is 11.3 Å². The van der Waals surface area contributed by atoms with E-state index in [1.807, 2.05) is 25.4 Å². The van der Waals surface area contributed by atoms with Crippen molar-refractivity contribution in [2.24, 2.45) is 12.8 Å². The SMILES string of the molecule is Cn1cc(-c2nnc(Nc3cnc(C#N)cn3)cc2NC2CCC(N)CC2)cn1. The van der Waals surface area contributed by atoms with Crippen LogP contribution in [0.25, 0.3) is 11.3 Å². The number of aryl methyl sites for hydroxylation is 1. The van der Waals surface area contributed by atoms with Crippen LogP contribution in [0.3, 0.4) is 0 Å². The van der Waals surface area contributed by atoms with Crippen LogP contribution in [0.4, 0.5) is 17.3 Å². The number of nitrogens with zero attached hydrogens (tertiary/aromatic N) is 7. The highest BCUT2D eigenvalue weighted by atomic mass is 15.2. The first-order valence-corrected chi connectivity index (χ1v) is 9.49. The van der Waals surface area contributed by atoms with Gasteiger partial charge in [0.1, 0.15) is 17.6 Å². The van der Waals surface area contributed by atoms with Crippen molar-refractivity contribution < 1.29 is 0 Å². The molecule has 3 aromatic rings. The first-order valence-electron chi connectivity index (χ1n) is 9.49. The van der Waals surface area contributed by atoms with E-state index in [1.54, 1.807) is 10.9 Å². The van der Waals surface area contributed by atoms with Gasteiger partial charge in [-0.15, -0.1) is 10.2 Å². The van der Waals surface area contributed by atoms with Crippen molar-refractivity contribution in [1.82, 2.24) is 29.9 Å². The Morgan fingerprint density at radius 2 is 1.93 bits per heavy atom. The molecule has 148 valence electrons. The summed E-state index contributed by atoms with van der Waals surface area (Å²) in [6.07, 6.45) is 10.6. The minimum atomic E-state index is 0.256. The van der Waals surface area contributed by atoms with Gasteiger partial charge in [0.15, 0.2) is 11.5 Å². The van der Waals surface area contributed by atoms with Crippen LogP contribution in [0.1, 0.15) is 31.4 Å². The molecule has 4 N–H and O–H groups in total. The predicted molar refractivity (Wildman–Crippen MR) is 108 cm³/mol. The molecular formula is C19H22N10. The second-order valence-corrected chi connectivity index (χ2v) is 7.17. The topological polar surface area (TPSA) is 143 Å². The van der Waals surface area contributed by atoms with Gasteiger partial charge in [0, 0.05) is 37.0 Å². The number of nitrogens with one attached hydrogen (secondary N) is 2. The second-order valence-electron chi connectivity index (χ2n) is 7.17. The summed E-state index contributed by atoms with van der Waals surface area (Å²) in [5.41, 5.74) is 8.80. The van der Waals surface area contributed by atoms with Gasteiger partial charge in [0.2, 0.25) is 0 Å². The fourth-order valence-electron chi connectivity index (χ4n) is 3.38. The lowest BCUT2D eigenvalue weighted by Crippen LogP contribution is -2.33. The highest BCUT2D eigenvalue weighted by molar-refractivity contribution is 5.75. The molecular weight excluding hydrogens is 368 g/mol. The van der Waals surface area contributed by atoms with Gasteiger partial charge in [-0.05, 0) is 25.7 Å². The fourth-order valence-corrected chi connectivity index (χ4v) is 3.38. The van der Waals surface area contributed by atoms with Gasteiger partial charge in [-0.3, -0.25) is 4.68 Å². The highest BCUT2D eigenvalue weighted by Crippen LogP contribution is 2.30. The molecule has 0 aliphatic heterocycles. The monoisotopic (exact) mass is 390 g/mol. The largest absolute Gasteiger partial charge is 0.380 e. The number of hydrogen-bond acceptors (Lipinski definition) is 9. The summed E-state index contributed by atoms with van der Waals surface area (Å²) in [6, 6.07) is 4.47. The van der Waals surface area contributed by atoms with Crippen molar-refractivity contribution in [3.63, 3.8) is 0 Å². The molecule has 0 unspecified atom stereocenters. The summed E-state index contributed by atoms with van der Waals surface area (Å²) in [5, 5.41) is 28.5. The summed E-state index contributed by atoms with van der Waals surface area (Å²) < 4.78 is 1.74. The normalized spacial score (nSPS) is 18.8. The Hall–Kier alpha value is -3.58. The molecule has 0 saturated heterocycles. The van der Waals surface area contributed by atoms with Gasteiger partial charge < -0.3 is 16.4 Å². The molecule has 1 fully saturated rings. The molecule has 29 heavy (non-hydrogen) atoms. The van der Waals surface area contributed by atoms with Gasteiger partial charge in [0.25, 0.3) is 0 Å². The Labute approximate surface area is 168 Å². The van der Waals surface area contributed by atoms with Crippen LogP contribution < -0.4 is 16.4 Å². The zero-order valence-corrected chi connectivity index (χ0v) is 16.1. The summed E-state index contributed by atoms with van der Waals surface area (Å²) >= 11 is 0. The minimum Gasteiger partial charge on any atom is -0.380 e. The Bertz CT molecular complexity index is 1010. The van der Waals surface area contributed by atoms with E-state index >= 15 is 0 Å². The number of rotatable bonds is 5. The summed E-state index contributed by atoms with van der Waals surface area (Å²) in [5.74, 6) is 1.02. The van der Waals surface area contributed by atoms with Gasteiger partial charge in [0.05, 0.1) is 24.3 Å². The van der Waals surface area contributed by atoms with E-state index in [1.165, 1.54) is 12.4 Å². The summed E-state index contributed by atoms with van der Waals surface area (Å²) in [7, 11) is 1.87. The van der Waals surface area contributed by atoms with Crippen LogP contribution >= 0.6 is 0 Å². The molecule has 1 saturated carbocycles. The van der Waals surface area contributed by atoms with E-state index < -0.39 is 0 Å². The quantitative estimate of drug-likeness (QED) is 0.595. The van der Waals surface area contributed by atoms with Crippen LogP contribution in [-0.2, 0) is 7.05 Å². The number of anilines is 3. The van der Waals surface area contributed by atoms with E-state index in [0.717, 1.165) is 42.6 Å². The first kappa shape index (κ1) is 18.8. The molecule has 3 aromatic heterocycles. The van der Waals surface area contributed by atoms with Crippen molar-refractivity contribution >= 4 is 17.3 Å². The molecule has 0 atom stereocenters. The van der Waals surface area contributed by atoms with Crippen LogP contribution in [0.15, 0.2) is 30.9 Å². The lowest BCUT2D eigenvalue weighted by atomic mass is 9.91. The van der Waals surface area contributed by atoms with Gasteiger partial charge in [-0.2, -0.15) is 10.4 Å². The van der Waals surface area contributed by atoms with E-state index in [4.69, 9.17) is 11.0 Å². The minimum absolute atomic E-state index is 0.256. The molecule has 0 aromatic carbocycles. The lowest BCUT2D eigenvalue weighted by Gasteiger charge is -2.28. The molecule has 10 heteroatoms. The van der Waals surface area contributed by atoms with Crippen LogP contribution in [-0.4, -0.2) is 42.0 Å². The van der Waals surface area contributed by atoms with Crippen molar-refractivity contribution in [2.75, 3.05) is 10.6 Å². The molecule has 4 rings (SSSR count). The zero-order chi connectivity index (χ0) is 20.2. The molecule has 0 spiro atoms. The van der Waals surface area contributed by atoms with Crippen LogP contribution in [0.5, 0.6) is 0 Å². The summed E-state index contributed by atoms with van der Waals surface area (Å²) in [6.45, 7) is 0. The van der Waals surface area contributed by atoms with E-state index in [-0.39, 0.29) is 11.7 Å². The molecule has 3 heterocycles. The van der Waals surface area contributed by atoms with Crippen molar-refractivity contribution in [3.05, 3.63) is 36.5 Å². The third-order valence-electron chi connectivity index (χ3n) is 4.93. The predicted octanol–water partition coefficient (Wildman–Crippen LogP) is 1.96. The van der Waals surface area contributed by atoms with Crippen molar-refractivity contribution in [3.8, 4) is 17.3 Å². The molecule has 0 radical (unpaired) electrons. The average Bonchev–Trinajstić information content (AvgIpc) is 3.16. The Balaban J connectivity index is 1.61. The summed E-state index contributed by atoms with van der Waals surface area (Å²) in [4.78, 5) is 8.18. The third kappa shape index (κ3) is 4.47. The number of nitriles is 1. The third-order valence-corrected chi connectivity index (χ3v) is 4.93.